The van der Waals surface area contributed by atoms with Gasteiger partial charge in [0.1, 0.15) is 11.6 Å². The second-order valence-electron chi connectivity index (χ2n) is 8.84. The van der Waals surface area contributed by atoms with Gasteiger partial charge in [0.2, 0.25) is 5.91 Å². The van der Waals surface area contributed by atoms with Gasteiger partial charge in [-0.3, -0.25) is 4.79 Å². The first-order valence-electron chi connectivity index (χ1n) is 10.5. The van der Waals surface area contributed by atoms with Gasteiger partial charge < -0.3 is 9.47 Å². The molecule has 0 spiro atoms. The van der Waals surface area contributed by atoms with Gasteiger partial charge in [0.15, 0.2) is 0 Å². The topological polar surface area (TPSA) is 51.0 Å². The molecule has 1 aromatic heterocycles. The molecule has 5 nitrogen and oxygen atoms in total. The van der Waals surface area contributed by atoms with E-state index in [1.165, 1.54) is 44.3 Å². The van der Waals surface area contributed by atoms with E-state index in [1.807, 2.05) is 0 Å². The smallest absolute Gasteiger partial charge is 0.225 e. The molecule has 2 aliphatic carbocycles. The SMILES string of the molecule is O=C([C@@H]1C[C@H]2CC[C@H]1C2)N1CCC[C@H](c2nnc3n2CCCCC3)C1. The Kier molecular flexibility index (Phi) is 4.05. The van der Waals surface area contributed by atoms with E-state index in [1.54, 1.807) is 0 Å². The molecule has 25 heavy (non-hydrogen) atoms. The average molecular weight is 342 g/mol. The molecule has 0 N–H and O–H groups in total. The first-order chi connectivity index (χ1) is 12.3. The maximum absolute atomic E-state index is 13.1. The highest BCUT2D eigenvalue weighted by Gasteiger charge is 2.45. The standard InChI is InChI=1S/C20H30N4O/c25-20(17-12-14-7-8-15(17)11-14)23-9-4-5-16(13-23)19-22-21-18-6-2-1-3-10-24(18)19/h14-17H,1-13H2/t14-,15-,16-,17+/m0/s1. The Hall–Kier alpha value is -1.39. The summed E-state index contributed by atoms with van der Waals surface area (Å²) in [5, 5.41) is 9.05. The van der Waals surface area contributed by atoms with Crippen LogP contribution in [0.5, 0.6) is 0 Å². The summed E-state index contributed by atoms with van der Waals surface area (Å²) in [4.78, 5) is 15.3. The molecule has 0 radical (unpaired) electrons. The Labute approximate surface area is 150 Å². The fraction of sp³-hybridized carbons (Fsp3) is 0.850. The minimum atomic E-state index is 0.327. The number of carbonyl (C=O) groups excluding carboxylic acids is 1. The molecule has 2 aliphatic heterocycles. The number of carbonyl (C=O) groups is 1. The van der Waals surface area contributed by atoms with Crippen LogP contribution in [0.4, 0.5) is 0 Å². The molecule has 5 heteroatoms. The summed E-state index contributed by atoms with van der Waals surface area (Å²) in [5.74, 6) is 5.01. The van der Waals surface area contributed by atoms with Crippen molar-refractivity contribution >= 4 is 5.91 Å². The van der Waals surface area contributed by atoms with Crippen molar-refractivity contribution in [3.8, 4) is 0 Å². The third-order valence-electron chi connectivity index (χ3n) is 7.29. The highest BCUT2D eigenvalue weighted by Crippen LogP contribution is 2.49. The van der Waals surface area contributed by atoms with Gasteiger partial charge in [0.05, 0.1) is 0 Å². The summed E-state index contributed by atoms with van der Waals surface area (Å²) in [6, 6.07) is 0. The highest BCUT2D eigenvalue weighted by atomic mass is 16.2. The number of amides is 1. The van der Waals surface area contributed by atoms with Gasteiger partial charge >= 0.3 is 0 Å². The van der Waals surface area contributed by atoms with Gasteiger partial charge in [-0.05, 0) is 56.8 Å². The van der Waals surface area contributed by atoms with Gasteiger partial charge in [-0.15, -0.1) is 10.2 Å². The highest BCUT2D eigenvalue weighted by molar-refractivity contribution is 5.80. The minimum absolute atomic E-state index is 0.327. The van der Waals surface area contributed by atoms with Gasteiger partial charge in [-0.25, -0.2) is 0 Å². The molecule has 3 fully saturated rings. The number of hydrogen-bond donors (Lipinski definition) is 0. The molecular formula is C20H30N4O. The monoisotopic (exact) mass is 342 g/mol. The van der Waals surface area contributed by atoms with Gasteiger partial charge in [0, 0.05) is 37.9 Å². The van der Waals surface area contributed by atoms with Crippen molar-refractivity contribution in [2.45, 2.75) is 76.7 Å². The van der Waals surface area contributed by atoms with Crippen LogP contribution in [0.25, 0.3) is 0 Å². The normalized spacial score (nSPS) is 34.8. The van der Waals surface area contributed by atoms with Crippen molar-refractivity contribution in [2.24, 2.45) is 17.8 Å². The van der Waals surface area contributed by atoms with Crippen LogP contribution in [0.15, 0.2) is 0 Å². The van der Waals surface area contributed by atoms with Gasteiger partial charge in [-0.1, -0.05) is 12.8 Å². The lowest BCUT2D eigenvalue weighted by atomic mass is 9.86. The Bertz CT molecular complexity index is 654. The number of fused-ring (bicyclic) bond motifs is 3. The van der Waals surface area contributed by atoms with Crippen LogP contribution in [-0.4, -0.2) is 38.7 Å². The molecule has 0 unspecified atom stereocenters. The van der Waals surface area contributed by atoms with Crippen LogP contribution in [0, 0.1) is 17.8 Å². The molecule has 2 saturated carbocycles. The lowest BCUT2D eigenvalue weighted by Gasteiger charge is -2.35. The molecule has 136 valence electrons. The van der Waals surface area contributed by atoms with Crippen LogP contribution in [0.3, 0.4) is 0 Å². The van der Waals surface area contributed by atoms with Crippen LogP contribution >= 0.6 is 0 Å². The zero-order valence-corrected chi connectivity index (χ0v) is 15.2. The summed E-state index contributed by atoms with van der Waals surface area (Å²) in [6.45, 7) is 2.88. The second kappa shape index (κ2) is 6.40. The maximum Gasteiger partial charge on any atom is 0.225 e. The molecule has 0 aromatic carbocycles. The van der Waals surface area contributed by atoms with Crippen molar-refractivity contribution in [3.63, 3.8) is 0 Å². The van der Waals surface area contributed by atoms with Crippen molar-refractivity contribution < 1.29 is 4.79 Å². The first-order valence-corrected chi connectivity index (χ1v) is 10.5. The van der Waals surface area contributed by atoms with E-state index in [0.717, 1.165) is 57.1 Å². The fourth-order valence-corrected chi connectivity index (χ4v) is 5.98. The zero-order chi connectivity index (χ0) is 16.8. The van der Waals surface area contributed by atoms with E-state index < -0.39 is 0 Å². The van der Waals surface area contributed by atoms with E-state index in [2.05, 4.69) is 19.7 Å². The van der Waals surface area contributed by atoms with E-state index >= 15 is 0 Å². The zero-order valence-electron chi connectivity index (χ0n) is 15.2. The van der Waals surface area contributed by atoms with Crippen LogP contribution in [0.2, 0.25) is 0 Å². The predicted octanol–water partition coefficient (Wildman–Crippen LogP) is 3.15. The Morgan fingerprint density at radius 3 is 2.76 bits per heavy atom. The molecule has 5 rings (SSSR count). The van der Waals surface area contributed by atoms with Crippen molar-refractivity contribution in [1.82, 2.24) is 19.7 Å². The molecule has 2 bridgehead atoms. The number of piperidine rings is 1. The predicted molar refractivity (Wildman–Crippen MR) is 95.1 cm³/mol. The lowest BCUT2D eigenvalue weighted by molar-refractivity contribution is -0.138. The third kappa shape index (κ3) is 2.80. The summed E-state index contributed by atoms with van der Waals surface area (Å²) in [7, 11) is 0. The Balaban J connectivity index is 1.31. The van der Waals surface area contributed by atoms with Gasteiger partial charge in [-0.2, -0.15) is 0 Å². The van der Waals surface area contributed by atoms with Crippen molar-refractivity contribution in [1.29, 1.82) is 0 Å². The number of aryl methyl sites for hydroxylation is 1. The quantitative estimate of drug-likeness (QED) is 0.829. The molecule has 1 amide bonds. The molecule has 3 heterocycles. The number of nitrogens with zero attached hydrogens (tertiary/aromatic N) is 4. The van der Waals surface area contributed by atoms with Crippen molar-refractivity contribution in [3.05, 3.63) is 11.6 Å². The number of rotatable bonds is 2. The third-order valence-corrected chi connectivity index (χ3v) is 7.29. The van der Waals surface area contributed by atoms with E-state index in [9.17, 15) is 4.79 Å². The average Bonchev–Trinajstić information content (AvgIpc) is 3.34. The summed E-state index contributed by atoms with van der Waals surface area (Å²) < 4.78 is 2.38. The van der Waals surface area contributed by atoms with Gasteiger partial charge in [0.25, 0.3) is 0 Å². The minimum Gasteiger partial charge on any atom is -0.342 e. The molecule has 1 aromatic rings. The number of aromatic nitrogens is 3. The summed E-state index contributed by atoms with van der Waals surface area (Å²) >= 11 is 0. The van der Waals surface area contributed by atoms with E-state index in [4.69, 9.17) is 0 Å². The van der Waals surface area contributed by atoms with E-state index in [0.29, 0.717) is 23.7 Å². The first kappa shape index (κ1) is 15.8. The summed E-state index contributed by atoms with van der Waals surface area (Å²) in [5.41, 5.74) is 0. The molecular weight excluding hydrogens is 312 g/mol. The van der Waals surface area contributed by atoms with Crippen LogP contribution < -0.4 is 0 Å². The largest absolute Gasteiger partial charge is 0.342 e. The summed E-state index contributed by atoms with van der Waals surface area (Å²) in [6.07, 6.45) is 12.2. The second-order valence-corrected chi connectivity index (χ2v) is 8.84. The molecule has 4 aliphatic rings. The van der Waals surface area contributed by atoms with Crippen molar-refractivity contribution in [2.75, 3.05) is 13.1 Å². The number of hydrogen-bond acceptors (Lipinski definition) is 3. The fourth-order valence-electron chi connectivity index (χ4n) is 5.98. The number of likely N-dealkylation sites (tertiary alicyclic amines) is 1. The van der Waals surface area contributed by atoms with Crippen LogP contribution in [0.1, 0.15) is 75.4 Å². The lowest BCUT2D eigenvalue weighted by Crippen LogP contribution is -2.44. The van der Waals surface area contributed by atoms with Crippen LogP contribution in [-0.2, 0) is 17.8 Å². The van der Waals surface area contributed by atoms with E-state index in [-0.39, 0.29) is 0 Å². The Morgan fingerprint density at radius 1 is 0.960 bits per heavy atom. The molecule has 1 saturated heterocycles. The Morgan fingerprint density at radius 2 is 1.92 bits per heavy atom. The maximum atomic E-state index is 13.1. The molecule has 4 atom stereocenters.